The van der Waals surface area contributed by atoms with Gasteiger partial charge in [0.25, 0.3) is 0 Å². The number of unbranched alkanes of at least 4 members (excludes halogenated alkanes) is 6. The minimum Gasteiger partial charge on any atom is -0.457 e. The predicted molar refractivity (Wildman–Crippen MR) is 137 cm³/mol. The Hall–Kier alpha value is -2.16. The minimum atomic E-state index is 0.498. The standard InChI is InChI=1S/C28H44N2O/c1-5-7-9-11-13-23(3)29-25-15-19-27(20-16-25)31-28-21-17-26(18-22-28)30-24(4)14-12-10-8-6-2/h15-24,29-30H,5-14H2,1-4H3. The Morgan fingerprint density at radius 1 is 0.581 bits per heavy atom. The first-order valence-electron chi connectivity index (χ1n) is 12.5. The highest BCUT2D eigenvalue weighted by atomic mass is 16.5. The van der Waals surface area contributed by atoms with Gasteiger partial charge in [-0.2, -0.15) is 0 Å². The summed E-state index contributed by atoms with van der Waals surface area (Å²) in [4.78, 5) is 0. The zero-order valence-corrected chi connectivity index (χ0v) is 20.3. The number of hydrogen-bond acceptors (Lipinski definition) is 3. The van der Waals surface area contributed by atoms with Gasteiger partial charge in [-0.25, -0.2) is 0 Å². The van der Waals surface area contributed by atoms with Crippen molar-refractivity contribution >= 4 is 11.4 Å². The normalized spacial score (nSPS) is 12.9. The minimum absolute atomic E-state index is 0.498. The van der Waals surface area contributed by atoms with Gasteiger partial charge >= 0.3 is 0 Å². The fraction of sp³-hybridized carbons (Fsp3) is 0.571. The number of anilines is 2. The number of ether oxygens (including phenoxy) is 1. The fourth-order valence-electron chi connectivity index (χ4n) is 3.84. The van der Waals surface area contributed by atoms with Crippen LogP contribution in [0.2, 0.25) is 0 Å². The molecule has 2 atom stereocenters. The fourth-order valence-corrected chi connectivity index (χ4v) is 3.84. The molecule has 0 radical (unpaired) electrons. The van der Waals surface area contributed by atoms with Gasteiger partial charge in [0, 0.05) is 23.5 Å². The number of benzene rings is 2. The lowest BCUT2D eigenvalue weighted by Crippen LogP contribution is -2.14. The number of hydrogen-bond donors (Lipinski definition) is 2. The van der Waals surface area contributed by atoms with Crippen LogP contribution in [0.3, 0.4) is 0 Å². The Morgan fingerprint density at radius 3 is 1.32 bits per heavy atom. The summed E-state index contributed by atoms with van der Waals surface area (Å²) < 4.78 is 6.03. The highest BCUT2D eigenvalue weighted by Crippen LogP contribution is 2.25. The summed E-state index contributed by atoms with van der Waals surface area (Å²) in [6, 6.07) is 17.6. The summed E-state index contributed by atoms with van der Waals surface area (Å²) in [7, 11) is 0. The zero-order chi connectivity index (χ0) is 22.3. The van der Waals surface area contributed by atoms with Gasteiger partial charge in [-0.3, -0.25) is 0 Å². The van der Waals surface area contributed by atoms with E-state index in [1.54, 1.807) is 0 Å². The van der Waals surface area contributed by atoms with Gasteiger partial charge in [0.2, 0.25) is 0 Å². The van der Waals surface area contributed by atoms with Crippen LogP contribution in [-0.4, -0.2) is 12.1 Å². The Morgan fingerprint density at radius 2 is 0.968 bits per heavy atom. The van der Waals surface area contributed by atoms with E-state index >= 15 is 0 Å². The Balaban J connectivity index is 1.74. The van der Waals surface area contributed by atoms with Crippen LogP contribution in [0.25, 0.3) is 0 Å². The van der Waals surface area contributed by atoms with Gasteiger partial charge in [-0.1, -0.05) is 65.2 Å². The Bertz CT molecular complexity index is 634. The molecule has 2 N–H and O–H groups in total. The molecule has 2 aromatic carbocycles. The van der Waals surface area contributed by atoms with E-state index in [1.165, 1.54) is 64.2 Å². The molecule has 3 heteroatoms. The van der Waals surface area contributed by atoms with Gasteiger partial charge in [-0.05, 0) is 75.2 Å². The molecule has 0 amide bonds. The second-order valence-electron chi connectivity index (χ2n) is 8.94. The van der Waals surface area contributed by atoms with Crippen LogP contribution >= 0.6 is 0 Å². The third-order valence-electron chi connectivity index (χ3n) is 5.75. The van der Waals surface area contributed by atoms with Crippen molar-refractivity contribution in [2.24, 2.45) is 0 Å². The first-order valence-corrected chi connectivity index (χ1v) is 12.5. The van der Waals surface area contributed by atoms with E-state index in [9.17, 15) is 0 Å². The SMILES string of the molecule is CCCCCCC(C)Nc1ccc(Oc2ccc(NC(C)CCCCCC)cc2)cc1. The van der Waals surface area contributed by atoms with Crippen LogP contribution < -0.4 is 15.4 Å². The molecule has 0 saturated carbocycles. The quantitative estimate of drug-likeness (QED) is 0.264. The largest absolute Gasteiger partial charge is 0.457 e. The number of nitrogens with one attached hydrogen (secondary N) is 2. The van der Waals surface area contributed by atoms with E-state index in [0.29, 0.717) is 12.1 Å². The second-order valence-corrected chi connectivity index (χ2v) is 8.94. The van der Waals surface area contributed by atoms with Gasteiger partial charge < -0.3 is 15.4 Å². The van der Waals surface area contributed by atoms with Gasteiger partial charge in [0.05, 0.1) is 0 Å². The molecule has 2 unspecified atom stereocenters. The Labute approximate surface area is 191 Å². The molecule has 0 spiro atoms. The van der Waals surface area contributed by atoms with Crippen molar-refractivity contribution in [3.05, 3.63) is 48.5 Å². The molecule has 31 heavy (non-hydrogen) atoms. The molecule has 0 saturated heterocycles. The lowest BCUT2D eigenvalue weighted by Gasteiger charge is -2.16. The summed E-state index contributed by atoms with van der Waals surface area (Å²) in [5, 5.41) is 7.19. The topological polar surface area (TPSA) is 33.3 Å². The molecule has 2 aromatic rings. The van der Waals surface area contributed by atoms with Crippen molar-refractivity contribution in [2.45, 2.75) is 104 Å². The van der Waals surface area contributed by atoms with E-state index in [1.807, 2.05) is 24.3 Å². The van der Waals surface area contributed by atoms with Gasteiger partial charge in [0.15, 0.2) is 0 Å². The van der Waals surface area contributed by atoms with E-state index in [2.05, 4.69) is 62.6 Å². The summed E-state index contributed by atoms with van der Waals surface area (Å²) >= 11 is 0. The maximum atomic E-state index is 6.03. The molecule has 172 valence electrons. The van der Waals surface area contributed by atoms with Crippen molar-refractivity contribution in [3.63, 3.8) is 0 Å². The molecular weight excluding hydrogens is 380 g/mol. The third-order valence-corrected chi connectivity index (χ3v) is 5.75. The maximum absolute atomic E-state index is 6.03. The van der Waals surface area contributed by atoms with Crippen molar-refractivity contribution in [1.82, 2.24) is 0 Å². The third kappa shape index (κ3) is 10.6. The molecule has 0 aliphatic carbocycles. The smallest absolute Gasteiger partial charge is 0.127 e. The summed E-state index contributed by atoms with van der Waals surface area (Å²) in [6.07, 6.45) is 13.0. The average Bonchev–Trinajstić information content (AvgIpc) is 2.77. The molecule has 0 aliphatic heterocycles. The molecule has 0 fully saturated rings. The van der Waals surface area contributed by atoms with E-state index in [4.69, 9.17) is 4.74 Å². The van der Waals surface area contributed by atoms with Gasteiger partial charge in [0.1, 0.15) is 11.5 Å². The molecule has 0 bridgehead atoms. The molecule has 0 aromatic heterocycles. The van der Waals surface area contributed by atoms with E-state index in [-0.39, 0.29) is 0 Å². The lowest BCUT2D eigenvalue weighted by atomic mass is 10.1. The van der Waals surface area contributed by atoms with E-state index < -0.39 is 0 Å². The zero-order valence-electron chi connectivity index (χ0n) is 20.3. The maximum Gasteiger partial charge on any atom is 0.127 e. The van der Waals surface area contributed by atoms with Crippen molar-refractivity contribution in [2.75, 3.05) is 10.6 Å². The van der Waals surface area contributed by atoms with Crippen LogP contribution in [0.1, 0.15) is 91.9 Å². The van der Waals surface area contributed by atoms with Crippen molar-refractivity contribution < 1.29 is 4.74 Å². The van der Waals surface area contributed by atoms with Crippen LogP contribution in [0.4, 0.5) is 11.4 Å². The molecule has 0 aliphatic rings. The number of rotatable bonds is 16. The Kier molecular flexibility index (Phi) is 12.0. The van der Waals surface area contributed by atoms with Gasteiger partial charge in [-0.15, -0.1) is 0 Å². The molecule has 0 heterocycles. The first kappa shape index (κ1) is 25.1. The highest BCUT2D eigenvalue weighted by Gasteiger charge is 2.05. The van der Waals surface area contributed by atoms with Crippen molar-refractivity contribution in [3.8, 4) is 11.5 Å². The summed E-state index contributed by atoms with van der Waals surface area (Å²) in [5.41, 5.74) is 2.31. The summed E-state index contributed by atoms with van der Waals surface area (Å²) in [5.74, 6) is 1.73. The summed E-state index contributed by atoms with van der Waals surface area (Å²) in [6.45, 7) is 9.04. The van der Waals surface area contributed by atoms with Crippen LogP contribution in [0.5, 0.6) is 11.5 Å². The second kappa shape index (κ2) is 14.8. The predicted octanol–water partition coefficient (Wildman–Crippen LogP) is 9.02. The molecule has 2 rings (SSSR count). The highest BCUT2D eigenvalue weighted by molar-refractivity contribution is 5.50. The first-order chi connectivity index (χ1) is 15.1. The van der Waals surface area contributed by atoms with Crippen LogP contribution in [0.15, 0.2) is 48.5 Å². The van der Waals surface area contributed by atoms with E-state index in [0.717, 1.165) is 22.9 Å². The average molecular weight is 425 g/mol. The molecule has 3 nitrogen and oxygen atoms in total. The monoisotopic (exact) mass is 424 g/mol. The van der Waals surface area contributed by atoms with Crippen molar-refractivity contribution in [1.29, 1.82) is 0 Å². The van der Waals surface area contributed by atoms with Crippen LogP contribution in [-0.2, 0) is 0 Å². The molecular formula is C28H44N2O. The lowest BCUT2D eigenvalue weighted by molar-refractivity contribution is 0.482. The van der Waals surface area contributed by atoms with Crippen LogP contribution in [0, 0.1) is 0 Å².